The van der Waals surface area contributed by atoms with E-state index in [9.17, 15) is 27.9 Å². The molecule has 0 spiro atoms. The first-order valence-electron chi connectivity index (χ1n) is 6.16. The maximum Gasteiger partial charge on any atom is 0.328 e. The quantitative estimate of drug-likeness (QED) is 0.507. The van der Waals surface area contributed by atoms with Crippen molar-refractivity contribution in [3.05, 3.63) is 11.6 Å². The average Bonchev–Trinajstić information content (AvgIpc) is 2.48. The van der Waals surface area contributed by atoms with Crippen LogP contribution in [0.2, 0.25) is 0 Å². The predicted molar refractivity (Wildman–Crippen MR) is 71.8 cm³/mol. The van der Waals surface area contributed by atoms with Gasteiger partial charge >= 0.3 is 5.97 Å². The van der Waals surface area contributed by atoms with Crippen molar-refractivity contribution in [3.63, 3.8) is 0 Å². The van der Waals surface area contributed by atoms with Crippen LogP contribution < -0.4 is 0 Å². The Balaban J connectivity index is 2.54. The average molecular weight is 316 g/mol. The fraction of sp³-hybridized carbons (Fsp3) is 0.583. The summed E-state index contributed by atoms with van der Waals surface area (Å²) in [6.07, 6.45) is 0.960. The molecule has 21 heavy (non-hydrogen) atoms. The molecule has 2 fully saturated rings. The molecule has 2 saturated heterocycles. The van der Waals surface area contributed by atoms with E-state index in [1.165, 1.54) is 32.8 Å². The molecule has 0 saturated carbocycles. The lowest BCUT2D eigenvalue weighted by molar-refractivity contribution is -0.152. The van der Waals surface area contributed by atoms with Crippen molar-refractivity contribution >= 4 is 27.6 Å². The smallest absolute Gasteiger partial charge is 0.328 e. The summed E-state index contributed by atoms with van der Waals surface area (Å²) in [4.78, 5) is 37.0. The molecule has 0 aromatic rings. The summed E-state index contributed by atoms with van der Waals surface area (Å²) >= 11 is 0. The molecule has 1 N–H and O–H groups in total. The van der Waals surface area contributed by atoms with Gasteiger partial charge in [-0.1, -0.05) is 0 Å². The van der Waals surface area contributed by atoms with E-state index >= 15 is 0 Å². The minimum Gasteiger partial charge on any atom is -0.480 e. The predicted octanol–water partition coefficient (Wildman–Crippen LogP) is -1.17. The highest BCUT2D eigenvalue weighted by atomic mass is 32.2. The van der Waals surface area contributed by atoms with E-state index in [0.717, 1.165) is 11.0 Å². The number of amides is 2. The van der Waals surface area contributed by atoms with Crippen LogP contribution in [0.5, 0.6) is 0 Å². The van der Waals surface area contributed by atoms with Gasteiger partial charge in [-0.25, -0.2) is 13.2 Å². The number of likely N-dealkylation sites (N-methyl/N-ethyl adjacent to an activating group) is 1. The van der Waals surface area contributed by atoms with Crippen LogP contribution in [0.15, 0.2) is 11.6 Å². The number of carbonyl (C=O) groups is 3. The van der Waals surface area contributed by atoms with Crippen molar-refractivity contribution in [2.45, 2.75) is 30.0 Å². The molecule has 0 aliphatic carbocycles. The first-order valence-corrected chi connectivity index (χ1v) is 7.71. The van der Waals surface area contributed by atoms with Gasteiger partial charge < -0.3 is 14.9 Å². The topological polar surface area (TPSA) is 112 Å². The summed E-state index contributed by atoms with van der Waals surface area (Å²) in [6.45, 7) is 2.55. The van der Waals surface area contributed by atoms with Gasteiger partial charge in [-0.15, -0.1) is 0 Å². The van der Waals surface area contributed by atoms with E-state index in [1.54, 1.807) is 0 Å². The summed E-state index contributed by atoms with van der Waals surface area (Å²) in [5.74, 6) is -2.63. The summed E-state index contributed by atoms with van der Waals surface area (Å²) in [5.41, 5.74) is -0.175. The number of carbonyl (C=O) groups excluding carboxylic acids is 2. The summed E-state index contributed by atoms with van der Waals surface area (Å²) < 4.78 is 23.3. The molecule has 116 valence electrons. The summed E-state index contributed by atoms with van der Waals surface area (Å²) in [6, 6.07) is -1.45. The minimum absolute atomic E-state index is 0.175. The standard InChI is InChI=1S/C12H16N2O6S/c1-12(2)8(11(17)18)14-9(16)6(5-7(15)13(3)4)10(14)21(12,19)20/h5,8,10H,1-4H3,(H,17,18)/b6-5-/t8-,10?/m0/s1. The SMILES string of the molecule is CN(C)C(=O)/C=C1/C(=O)N2C1S(=O)(=O)C(C)(C)[C@@H]2C(=O)O. The molecule has 1 unspecified atom stereocenters. The Morgan fingerprint density at radius 3 is 2.29 bits per heavy atom. The first-order chi connectivity index (χ1) is 9.44. The minimum atomic E-state index is -3.93. The molecule has 2 aliphatic heterocycles. The van der Waals surface area contributed by atoms with Crippen molar-refractivity contribution in [2.24, 2.45) is 0 Å². The van der Waals surface area contributed by atoms with Crippen LogP contribution >= 0.6 is 0 Å². The van der Waals surface area contributed by atoms with Gasteiger partial charge in [0.05, 0.1) is 5.57 Å². The number of β-lactam (4-membered cyclic amide) rings is 1. The lowest BCUT2D eigenvalue weighted by Crippen LogP contribution is -2.59. The number of carboxylic acids is 1. The Hall–Kier alpha value is -1.90. The third-order valence-corrected chi connectivity index (χ3v) is 6.68. The lowest BCUT2D eigenvalue weighted by atomic mass is 9.95. The van der Waals surface area contributed by atoms with Crippen LogP contribution in [0.25, 0.3) is 0 Å². The second kappa shape index (κ2) is 4.30. The summed E-state index contributed by atoms with van der Waals surface area (Å²) in [7, 11) is -0.997. The van der Waals surface area contributed by atoms with Crippen LogP contribution in [0.3, 0.4) is 0 Å². The van der Waals surface area contributed by atoms with Crippen LogP contribution in [0.4, 0.5) is 0 Å². The van der Waals surface area contributed by atoms with Gasteiger partial charge in [0.1, 0.15) is 4.75 Å². The van der Waals surface area contributed by atoms with E-state index in [-0.39, 0.29) is 5.57 Å². The van der Waals surface area contributed by atoms with Gasteiger partial charge in [0.25, 0.3) is 5.91 Å². The second-order valence-corrected chi connectivity index (χ2v) is 8.38. The van der Waals surface area contributed by atoms with Crippen molar-refractivity contribution in [1.82, 2.24) is 9.80 Å². The Labute approximate surface area is 121 Å². The zero-order valence-electron chi connectivity index (χ0n) is 12.0. The molecule has 0 aromatic heterocycles. The first kappa shape index (κ1) is 15.5. The number of hydrogen-bond acceptors (Lipinski definition) is 5. The highest BCUT2D eigenvalue weighted by molar-refractivity contribution is 7.94. The maximum absolute atomic E-state index is 12.5. The number of nitrogens with zero attached hydrogens (tertiary/aromatic N) is 2. The molecule has 0 radical (unpaired) electrons. The highest BCUT2D eigenvalue weighted by Crippen LogP contribution is 2.48. The maximum atomic E-state index is 12.5. The van der Waals surface area contributed by atoms with Gasteiger partial charge in [0.15, 0.2) is 21.3 Å². The molecule has 8 nitrogen and oxygen atoms in total. The normalized spacial score (nSPS) is 30.8. The second-order valence-electron chi connectivity index (χ2n) is 5.79. The number of aliphatic carboxylic acids is 1. The molecule has 2 heterocycles. The van der Waals surface area contributed by atoms with Crippen LogP contribution in [-0.2, 0) is 24.2 Å². The van der Waals surface area contributed by atoms with Crippen molar-refractivity contribution in [1.29, 1.82) is 0 Å². The molecule has 0 aromatic carbocycles. The van der Waals surface area contributed by atoms with Gasteiger partial charge in [-0.05, 0) is 13.8 Å². The largest absolute Gasteiger partial charge is 0.480 e. The van der Waals surface area contributed by atoms with E-state index in [1.807, 2.05) is 0 Å². The molecule has 9 heteroatoms. The van der Waals surface area contributed by atoms with Crippen LogP contribution in [-0.4, -0.2) is 71.4 Å². The van der Waals surface area contributed by atoms with Crippen LogP contribution in [0.1, 0.15) is 13.8 Å². The van der Waals surface area contributed by atoms with E-state index < -0.39 is 43.8 Å². The van der Waals surface area contributed by atoms with Crippen molar-refractivity contribution in [3.8, 4) is 0 Å². The van der Waals surface area contributed by atoms with Crippen molar-refractivity contribution < 1.29 is 27.9 Å². The molecule has 2 atom stereocenters. The fourth-order valence-electron chi connectivity index (χ4n) is 2.60. The van der Waals surface area contributed by atoms with E-state index in [4.69, 9.17) is 0 Å². The van der Waals surface area contributed by atoms with Gasteiger partial charge in [-0.3, -0.25) is 9.59 Å². The van der Waals surface area contributed by atoms with Gasteiger partial charge in [-0.2, -0.15) is 0 Å². The molecule has 2 rings (SSSR count). The zero-order valence-corrected chi connectivity index (χ0v) is 12.8. The fourth-order valence-corrected chi connectivity index (χ4v) is 4.72. The Morgan fingerprint density at radius 1 is 1.33 bits per heavy atom. The zero-order chi connectivity index (χ0) is 16.3. The van der Waals surface area contributed by atoms with E-state index in [2.05, 4.69) is 0 Å². The molecule has 2 amide bonds. The number of hydrogen-bond donors (Lipinski definition) is 1. The van der Waals surface area contributed by atoms with E-state index in [0.29, 0.717) is 0 Å². The number of carboxylic acid groups (broad SMARTS) is 1. The number of rotatable bonds is 2. The molecular weight excluding hydrogens is 300 g/mol. The highest BCUT2D eigenvalue weighted by Gasteiger charge is 2.70. The Bertz CT molecular complexity index is 676. The molecule has 0 bridgehead atoms. The third kappa shape index (κ3) is 1.80. The van der Waals surface area contributed by atoms with Crippen molar-refractivity contribution in [2.75, 3.05) is 14.1 Å². The molecular formula is C12H16N2O6S. The van der Waals surface area contributed by atoms with Crippen LogP contribution in [0, 0.1) is 0 Å². The van der Waals surface area contributed by atoms with Gasteiger partial charge in [0, 0.05) is 20.2 Å². The monoisotopic (exact) mass is 316 g/mol. The molecule has 2 aliphatic rings. The summed E-state index contributed by atoms with van der Waals surface area (Å²) in [5, 5.41) is 7.87. The van der Waals surface area contributed by atoms with Gasteiger partial charge in [0.2, 0.25) is 5.91 Å². The number of sulfone groups is 1. The lowest BCUT2D eigenvalue weighted by Gasteiger charge is -2.37. The Kier molecular flexibility index (Phi) is 3.17. The number of fused-ring (bicyclic) bond motifs is 1. The Morgan fingerprint density at radius 2 is 1.86 bits per heavy atom. The third-order valence-electron chi connectivity index (χ3n) is 3.92.